The molecule has 22 heavy (non-hydrogen) atoms. The molecule has 0 spiro atoms. The van der Waals surface area contributed by atoms with E-state index in [0.717, 1.165) is 18.4 Å². The molecule has 120 valence electrons. The molecule has 6 nitrogen and oxygen atoms in total. The highest BCUT2D eigenvalue weighted by Gasteiger charge is 2.25. The smallest absolute Gasteiger partial charge is 0.317 e. The highest BCUT2D eigenvalue weighted by atomic mass is 16.2. The van der Waals surface area contributed by atoms with Crippen molar-refractivity contribution in [3.8, 4) is 0 Å². The predicted molar refractivity (Wildman–Crippen MR) is 85.2 cm³/mol. The number of likely N-dealkylation sites (tertiary alicyclic amines) is 1. The van der Waals surface area contributed by atoms with E-state index in [2.05, 4.69) is 10.6 Å². The fourth-order valence-corrected chi connectivity index (χ4v) is 2.59. The van der Waals surface area contributed by atoms with Crippen LogP contribution in [0, 0.1) is 0 Å². The average molecular weight is 304 g/mol. The first-order valence-corrected chi connectivity index (χ1v) is 7.75. The van der Waals surface area contributed by atoms with Crippen LogP contribution in [0.5, 0.6) is 0 Å². The van der Waals surface area contributed by atoms with Crippen molar-refractivity contribution in [2.75, 3.05) is 19.6 Å². The zero-order valence-electron chi connectivity index (χ0n) is 12.9. The van der Waals surface area contributed by atoms with E-state index in [9.17, 15) is 9.59 Å². The van der Waals surface area contributed by atoms with Crippen molar-refractivity contribution in [2.45, 2.75) is 31.8 Å². The molecule has 3 amide bonds. The van der Waals surface area contributed by atoms with Gasteiger partial charge in [0.05, 0.1) is 0 Å². The van der Waals surface area contributed by atoms with Gasteiger partial charge in [-0.1, -0.05) is 30.3 Å². The van der Waals surface area contributed by atoms with E-state index >= 15 is 0 Å². The summed E-state index contributed by atoms with van der Waals surface area (Å²) in [5.41, 5.74) is 6.79. The molecule has 1 heterocycles. The van der Waals surface area contributed by atoms with Gasteiger partial charge in [0.2, 0.25) is 5.91 Å². The van der Waals surface area contributed by atoms with Gasteiger partial charge < -0.3 is 21.3 Å². The Bertz CT molecular complexity index is 498. The third kappa shape index (κ3) is 4.21. The summed E-state index contributed by atoms with van der Waals surface area (Å²) in [6, 6.07) is 8.72. The van der Waals surface area contributed by atoms with E-state index in [1.54, 1.807) is 4.90 Å². The molecule has 0 saturated carbocycles. The fourth-order valence-electron chi connectivity index (χ4n) is 2.59. The van der Waals surface area contributed by atoms with E-state index in [-0.39, 0.29) is 18.0 Å². The van der Waals surface area contributed by atoms with Crippen LogP contribution in [0.15, 0.2) is 30.3 Å². The Morgan fingerprint density at radius 2 is 1.91 bits per heavy atom. The van der Waals surface area contributed by atoms with Crippen LogP contribution in [0.2, 0.25) is 0 Å². The summed E-state index contributed by atoms with van der Waals surface area (Å²) in [5, 5.41) is 5.78. The van der Waals surface area contributed by atoms with E-state index in [4.69, 9.17) is 5.73 Å². The molecule has 1 saturated heterocycles. The third-order valence-corrected chi connectivity index (χ3v) is 3.90. The molecule has 1 fully saturated rings. The van der Waals surface area contributed by atoms with Gasteiger partial charge in [0.25, 0.3) is 0 Å². The molecule has 0 unspecified atom stereocenters. The Balaban J connectivity index is 1.81. The maximum atomic E-state index is 12.2. The normalized spacial score (nSPS) is 16.9. The van der Waals surface area contributed by atoms with Crippen molar-refractivity contribution in [1.29, 1.82) is 0 Å². The van der Waals surface area contributed by atoms with Crippen molar-refractivity contribution >= 4 is 11.9 Å². The van der Waals surface area contributed by atoms with Crippen molar-refractivity contribution in [1.82, 2.24) is 15.5 Å². The van der Waals surface area contributed by atoms with Crippen LogP contribution in [0.4, 0.5) is 4.79 Å². The van der Waals surface area contributed by atoms with Crippen LogP contribution in [0.1, 0.15) is 31.4 Å². The fraction of sp³-hybridized carbons (Fsp3) is 0.500. The van der Waals surface area contributed by atoms with E-state index in [0.29, 0.717) is 19.6 Å². The maximum absolute atomic E-state index is 12.2. The number of rotatable bonds is 4. The van der Waals surface area contributed by atoms with E-state index in [1.165, 1.54) is 0 Å². The lowest BCUT2D eigenvalue weighted by Gasteiger charge is -2.32. The lowest BCUT2D eigenvalue weighted by atomic mass is 10.0. The Morgan fingerprint density at radius 1 is 1.27 bits per heavy atom. The summed E-state index contributed by atoms with van der Waals surface area (Å²) in [7, 11) is 0. The topological polar surface area (TPSA) is 87.5 Å². The first-order chi connectivity index (χ1) is 10.6. The molecule has 6 heteroatoms. The average Bonchev–Trinajstić information content (AvgIpc) is 2.55. The van der Waals surface area contributed by atoms with Crippen LogP contribution >= 0.6 is 0 Å². The highest BCUT2D eigenvalue weighted by molar-refractivity contribution is 5.83. The van der Waals surface area contributed by atoms with Crippen LogP contribution in [0.25, 0.3) is 0 Å². The van der Waals surface area contributed by atoms with E-state index < -0.39 is 6.04 Å². The molecule has 1 aromatic carbocycles. The number of amides is 3. The number of nitrogens with one attached hydrogen (secondary N) is 2. The van der Waals surface area contributed by atoms with Gasteiger partial charge >= 0.3 is 6.03 Å². The maximum Gasteiger partial charge on any atom is 0.317 e. The molecular formula is C16H24N4O2. The first-order valence-electron chi connectivity index (χ1n) is 7.75. The minimum Gasteiger partial charge on any atom is -0.352 e. The summed E-state index contributed by atoms with van der Waals surface area (Å²) < 4.78 is 0. The minimum absolute atomic E-state index is 0.0340. The highest BCUT2D eigenvalue weighted by Crippen LogP contribution is 2.14. The van der Waals surface area contributed by atoms with Crippen molar-refractivity contribution in [3.05, 3.63) is 35.9 Å². The minimum atomic E-state index is -0.650. The predicted octanol–water partition coefficient (Wildman–Crippen LogP) is 0.997. The van der Waals surface area contributed by atoms with Crippen molar-refractivity contribution in [3.63, 3.8) is 0 Å². The number of piperidine rings is 1. The van der Waals surface area contributed by atoms with Gasteiger partial charge in [-0.25, -0.2) is 4.79 Å². The van der Waals surface area contributed by atoms with Gasteiger partial charge in [0, 0.05) is 25.7 Å². The van der Waals surface area contributed by atoms with Gasteiger partial charge in [-0.15, -0.1) is 0 Å². The number of hydrogen-bond donors (Lipinski definition) is 3. The van der Waals surface area contributed by atoms with Gasteiger partial charge in [-0.05, 0) is 25.3 Å². The van der Waals surface area contributed by atoms with Gasteiger partial charge in [-0.2, -0.15) is 0 Å². The SMILES string of the molecule is CCNC(=O)N1CCC(NC(=O)[C@H](N)c2ccccc2)CC1. The van der Waals surface area contributed by atoms with Crippen LogP contribution in [-0.4, -0.2) is 42.5 Å². The monoisotopic (exact) mass is 304 g/mol. The van der Waals surface area contributed by atoms with Crippen molar-refractivity contribution in [2.24, 2.45) is 5.73 Å². The first kappa shape index (κ1) is 16.3. The standard InChI is InChI=1S/C16H24N4O2/c1-2-18-16(22)20-10-8-13(9-11-20)19-15(21)14(17)12-6-4-3-5-7-12/h3-7,13-14H,2,8-11,17H2,1H3,(H,18,22)(H,19,21)/t14-/m1/s1. The molecule has 0 aliphatic carbocycles. The number of nitrogens with two attached hydrogens (primary N) is 1. The Hall–Kier alpha value is -2.08. The summed E-state index contributed by atoms with van der Waals surface area (Å²) in [5.74, 6) is -0.164. The molecule has 1 aromatic rings. The summed E-state index contributed by atoms with van der Waals surface area (Å²) >= 11 is 0. The van der Waals surface area contributed by atoms with E-state index in [1.807, 2.05) is 37.3 Å². The second-order valence-corrected chi connectivity index (χ2v) is 5.49. The lowest BCUT2D eigenvalue weighted by Crippen LogP contribution is -2.50. The zero-order chi connectivity index (χ0) is 15.9. The molecule has 1 aliphatic rings. The molecule has 1 aliphatic heterocycles. The largest absolute Gasteiger partial charge is 0.352 e. The Morgan fingerprint density at radius 3 is 2.50 bits per heavy atom. The molecular weight excluding hydrogens is 280 g/mol. The molecule has 4 N–H and O–H groups in total. The second-order valence-electron chi connectivity index (χ2n) is 5.49. The molecule has 2 rings (SSSR count). The van der Waals surface area contributed by atoms with Crippen LogP contribution in [0.3, 0.4) is 0 Å². The molecule has 1 atom stereocenters. The molecule has 0 radical (unpaired) electrons. The third-order valence-electron chi connectivity index (χ3n) is 3.90. The summed E-state index contributed by atoms with van der Waals surface area (Å²) in [6.07, 6.45) is 1.51. The quantitative estimate of drug-likeness (QED) is 0.775. The Kier molecular flexibility index (Phi) is 5.77. The second kappa shape index (κ2) is 7.79. The number of nitrogens with zero attached hydrogens (tertiary/aromatic N) is 1. The van der Waals surface area contributed by atoms with Gasteiger partial charge in [0.1, 0.15) is 6.04 Å². The van der Waals surface area contributed by atoms with Gasteiger partial charge in [0.15, 0.2) is 0 Å². The Labute approximate surface area is 131 Å². The summed E-state index contributed by atoms with van der Waals surface area (Å²) in [6.45, 7) is 3.83. The number of carbonyl (C=O) groups is 2. The summed E-state index contributed by atoms with van der Waals surface area (Å²) in [4.78, 5) is 25.7. The number of urea groups is 1. The van der Waals surface area contributed by atoms with Crippen LogP contribution in [-0.2, 0) is 4.79 Å². The molecule has 0 bridgehead atoms. The number of carbonyl (C=O) groups excluding carboxylic acids is 2. The van der Waals surface area contributed by atoms with Gasteiger partial charge in [-0.3, -0.25) is 4.79 Å². The number of benzene rings is 1. The van der Waals surface area contributed by atoms with Crippen molar-refractivity contribution < 1.29 is 9.59 Å². The van der Waals surface area contributed by atoms with Crippen LogP contribution < -0.4 is 16.4 Å². The zero-order valence-corrected chi connectivity index (χ0v) is 12.9. The lowest BCUT2D eigenvalue weighted by molar-refractivity contribution is -0.123. The number of hydrogen-bond acceptors (Lipinski definition) is 3. The molecule has 0 aromatic heterocycles.